The second kappa shape index (κ2) is 3.89. The van der Waals surface area contributed by atoms with Crippen molar-refractivity contribution in [3.8, 4) is 0 Å². The fourth-order valence-electron chi connectivity index (χ4n) is 1.69. The van der Waals surface area contributed by atoms with E-state index in [0.717, 1.165) is 16.2 Å². The number of anilines is 1. The predicted molar refractivity (Wildman–Crippen MR) is 62.5 cm³/mol. The number of hydrogen-bond acceptors (Lipinski definition) is 2. The maximum Gasteiger partial charge on any atom is 0.126 e. The molecule has 1 saturated carbocycles. The number of nitrogens with one attached hydrogen (secondary N) is 1. The number of aromatic nitrogens is 1. The second-order valence-electron chi connectivity index (χ2n) is 4.12. The third-order valence-electron chi connectivity index (χ3n) is 3.00. The van der Waals surface area contributed by atoms with Gasteiger partial charge in [0.1, 0.15) is 5.82 Å². The Morgan fingerprint density at radius 3 is 2.79 bits per heavy atom. The lowest BCUT2D eigenvalue weighted by Gasteiger charge is -2.34. The lowest BCUT2D eigenvalue weighted by Crippen LogP contribution is -2.36. The summed E-state index contributed by atoms with van der Waals surface area (Å²) < 4.78 is 1.07. The Bertz CT molecular complexity index is 338. The molecular weight excluding hydrogens is 240 g/mol. The van der Waals surface area contributed by atoms with Gasteiger partial charge in [-0.1, -0.05) is 6.92 Å². The van der Waals surface area contributed by atoms with Gasteiger partial charge in [0.15, 0.2) is 0 Å². The van der Waals surface area contributed by atoms with E-state index in [1.54, 1.807) is 0 Å². The Kier molecular flexibility index (Phi) is 2.77. The minimum absolute atomic E-state index is 0.628. The van der Waals surface area contributed by atoms with Crippen LogP contribution in [0.4, 0.5) is 5.82 Å². The van der Waals surface area contributed by atoms with Crippen molar-refractivity contribution in [3.63, 3.8) is 0 Å². The van der Waals surface area contributed by atoms with Gasteiger partial charge in [-0.05, 0) is 53.2 Å². The number of nitrogens with zero attached hydrogens (tertiary/aromatic N) is 1. The summed E-state index contributed by atoms with van der Waals surface area (Å²) in [4.78, 5) is 4.34. The highest BCUT2D eigenvalue weighted by Gasteiger charge is 2.26. The van der Waals surface area contributed by atoms with Gasteiger partial charge in [0.05, 0.1) is 0 Å². The number of hydrogen-bond donors (Lipinski definition) is 1. The summed E-state index contributed by atoms with van der Waals surface area (Å²) in [7, 11) is 0. The first-order chi connectivity index (χ1) is 6.66. The van der Waals surface area contributed by atoms with Crippen LogP contribution in [0.1, 0.15) is 25.3 Å². The van der Waals surface area contributed by atoms with E-state index in [9.17, 15) is 0 Å². The van der Waals surface area contributed by atoms with Gasteiger partial charge < -0.3 is 5.32 Å². The SMILES string of the molecule is Cc1cc(NC2CCC2C)ncc1Br. The van der Waals surface area contributed by atoms with E-state index in [4.69, 9.17) is 0 Å². The van der Waals surface area contributed by atoms with Crippen LogP contribution < -0.4 is 5.32 Å². The molecule has 1 heterocycles. The van der Waals surface area contributed by atoms with E-state index in [1.165, 1.54) is 18.4 Å². The molecule has 0 spiro atoms. The normalized spacial score (nSPS) is 25.6. The van der Waals surface area contributed by atoms with Crippen molar-refractivity contribution in [2.45, 2.75) is 32.7 Å². The van der Waals surface area contributed by atoms with Gasteiger partial charge in [0.2, 0.25) is 0 Å². The molecule has 1 fully saturated rings. The molecule has 2 nitrogen and oxygen atoms in total. The van der Waals surface area contributed by atoms with Crippen LogP contribution in [0.15, 0.2) is 16.7 Å². The fraction of sp³-hybridized carbons (Fsp3) is 0.545. The van der Waals surface area contributed by atoms with Crippen LogP contribution >= 0.6 is 15.9 Å². The smallest absolute Gasteiger partial charge is 0.126 e. The molecule has 3 heteroatoms. The van der Waals surface area contributed by atoms with Gasteiger partial charge in [0.25, 0.3) is 0 Å². The van der Waals surface area contributed by atoms with E-state index in [-0.39, 0.29) is 0 Å². The highest BCUT2D eigenvalue weighted by Crippen LogP contribution is 2.29. The van der Waals surface area contributed by atoms with Crippen LogP contribution in [-0.2, 0) is 0 Å². The molecule has 1 N–H and O–H groups in total. The molecule has 1 aromatic rings. The van der Waals surface area contributed by atoms with Gasteiger partial charge in [-0.3, -0.25) is 0 Å². The standard InChI is InChI=1S/C11H15BrN2/c1-7-3-4-10(7)14-11-5-8(2)9(12)6-13-11/h5-7,10H,3-4H2,1-2H3,(H,13,14). The first kappa shape index (κ1) is 9.97. The van der Waals surface area contributed by atoms with E-state index < -0.39 is 0 Å². The lowest BCUT2D eigenvalue weighted by atomic mass is 9.81. The molecule has 0 amide bonds. The summed E-state index contributed by atoms with van der Waals surface area (Å²) in [5.74, 6) is 1.79. The molecule has 14 heavy (non-hydrogen) atoms. The summed E-state index contributed by atoms with van der Waals surface area (Å²) in [5.41, 5.74) is 1.23. The Morgan fingerprint density at radius 2 is 2.29 bits per heavy atom. The summed E-state index contributed by atoms with van der Waals surface area (Å²) in [6, 6.07) is 2.72. The predicted octanol–water partition coefficient (Wildman–Crippen LogP) is 3.36. The maximum absolute atomic E-state index is 4.34. The van der Waals surface area contributed by atoms with Crippen LogP contribution in [0.5, 0.6) is 0 Å². The van der Waals surface area contributed by atoms with Gasteiger partial charge in [-0.15, -0.1) is 0 Å². The van der Waals surface area contributed by atoms with E-state index in [1.807, 2.05) is 6.20 Å². The zero-order chi connectivity index (χ0) is 10.1. The largest absolute Gasteiger partial charge is 0.367 e. The number of rotatable bonds is 2. The third kappa shape index (κ3) is 1.92. The average molecular weight is 255 g/mol. The first-order valence-electron chi connectivity index (χ1n) is 5.05. The topological polar surface area (TPSA) is 24.9 Å². The van der Waals surface area contributed by atoms with Crippen LogP contribution in [0.25, 0.3) is 0 Å². The fourth-order valence-corrected chi connectivity index (χ4v) is 1.91. The monoisotopic (exact) mass is 254 g/mol. The molecule has 0 aliphatic heterocycles. The molecule has 1 aliphatic carbocycles. The minimum Gasteiger partial charge on any atom is -0.367 e. The van der Waals surface area contributed by atoms with Gasteiger partial charge >= 0.3 is 0 Å². The Hall–Kier alpha value is -0.570. The Morgan fingerprint density at radius 1 is 1.50 bits per heavy atom. The number of pyridine rings is 1. The third-order valence-corrected chi connectivity index (χ3v) is 3.83. The molecule has 2 rings (SSSR count). The zero-order valence-electron chi connectivity index (χ0n) is 8.55. The molecule has 0 aromatic carbocycles. The summed E-state index contributed by atoms with van der Waals surface area (Å²) >= 11 is 3.45. The molecule has 1 aliphatic rings. The van der Waals surface area contributed by atoms with Crippen LogP contribution in [-0.4, -0.2) is 11.0 Å². The summed E-state index contributed by atoms with van der Waals surface area (Å²) in [6.07, 6.45) is 4.48. The minimum atomic E-state index is 0.628. The average Bonchev–Trinajstić information content (AvgIpc) is 2.17. The van der Waals surface area contributed by atoms with Crippen molar-refractivity contribution in [2.75, 3.05) is 5.32 Å². The molecule has 0 bridgehead atoms. The number of halogens is 1. The van der Waals surface area contributed by atoms with Crippen molar-refractivity contribution in [2.24, 2.45) is 5.92 Å². The zero-order valence-corrected chi connectivity index (χ0v) is 10.1. The maximum atomic E-state index is 4.34. The molecule has 2 unspecified atom stereocenters. The van der Waals surface area contributed by atoms with Gasteiger partial charge in [-0.25, -0.2) is 4.98 Å². The van der Waals surface area contributed by atoms with Crippen molar-refractivity contribution < 1.29 is 0 Å². The number of aryl methyl sites for hydroxylation is 1. The highest BCUT2D eigenvalue weighted by atomic mass is 79.9. The van der Waals surface area contributed by atoms with Crippen molar-refractivity contribution in [1.82, 2.24) is 4.98 Å². The van der Waals surface area contributed by atoms with Gasteiger partial charge in [-0.2, -0.15) is 0 Å². The van der Waals surface area contributed by atoms with Crippen LogP contribution in [0.2, 0.25) is 0 Å². The molecule has 2 atom stereocenters. The quantitative estimate of drug-likeness (QED) is 0.876. The molecule has 1 aromatic heterocycles. The molecular formula is C11H15BrN2. The van der Waals surface area contributed by atoms with Gasteiger partial charge in [0, 0.05) is 16.7 Å². The lowest BCUT2D eigenvalue weighted by molar-refractivity contribution is 0.303. The van der Waals surface area contributed by atoms with Crippen molar-refractivity contribution in [1.29, 1.82) is 0 Å². The van der Waals surface area contributed by atoms with E-state index in [0.29, 0.717) is 6.04 Å². The van der Waals surface area contributed by atoms with Crippen LogP contribution in [0.3, 0.4) is 0 Å². The van der Waals surface area contributed by atoms with Crippen molar-refractivity contribution >= 4 is 21.7 Å². The molecule has 0 radical (unpaired) electrons. The van der Waals surface area contributed by atoms with E-state index >= 15 is 0 Å². The van der Waals surface area contributed by atoms with E-state index in [2.05, 4.69) is 46.1 Å². The first-order valence-corrected chi connectivity index (χ1v) is 5.85. The second-order valence-corrected chi connectivity index (χ2v) is 4.98. The highest BCUT2D eigenvalue weighted by molar-refractivity contribution is 9.10. The molecule has 76 valence electrons. The Labute approximate surface area is 93.3 Å². The molecule has 0 saturated heterocycles. The van der Waals surface area contributed by atoms with Crippen LogP contribution in [0, 0.1) is 12.8 Å². The Balaban J connectivity index is 2.06. The summed E-state index contributed by atoms with van der Waals surface area (Å²) in [5, 5.41) is 3.46. The van der Waals surface area contributed by atoms with Crippen molar-refractivity contribution in [3.05, 3.63) is 22.3 Å². The summed E-state index contributed by atoms with van der Waals surface area (Å²) in [6.45, 7) is 4.37.